The normalized spacial score (nSPS) is 16.0. The fourth-order valence-corrected chi connectivity index (χ4v) is 3.97. The third-order valence-electron chi connectivity index (χ3n) is 5.16. The predicted octanol–water partition coefficient (Wildman–Crippen LogP) is 1.98. The lowest BCUT2D eigenvalue weighted by Crippen LogP contribution is -2.52. The van der Waals surface area contributed by atoms with Gasteiger partial charge in [0.15, 0.2) is 0 Å². The van der Waals surface area contributed by atoms with E-state index in [0.29, 0.717) is 12.3 Å². The Kier molecular flexibility index (Phi) is 10.2. The molecule has 0 aromatic carbocycles. The van der Waals surface area contributed by atoms with Gasteiger partial charge in [-0.1, -0.05) is 32.1 Å². The lowest BCUT2D eigenvalue weighted by Gasteiger charge is -2.33. The molecule has 1 fully saturated rings. The summed E-state index contributed by atoms with van der Waals surface area (Å²) in [6.07, 6.45) is 5.09. The highest BCUT2D eigenvalue weighted by Crippen LogP contribution is 2.32. The fraction of sp³-hybridized carbons (Fsp3) is 0.789. The van der Waals surface area contributed by atoms with Gasteiger partial charge in [-0.25, -0.2) is 4.79 Å². The summed E-state index contributed by atoms with van der Waals surface area (Å²) in [6, 6.07) is 0. The van der Waals surface area contributed by atoms with Crippen LogP contribution in [-0.4, -0.2) is 51.9 Å². The van der Waals surface area contributed by atoms with Crippen LogP contribution in [-0.2, 0) is 14.4 Å². The minimum absolute atomic E-state index is 0.0699. The molecule has 0 unspecified atom stereocenters. The van der Waals surface area contributed by atoms with Crippen LogP contribution in [0.25, 0.3) is 0 Å². The Hall–Kier alpha value is -2.03. The Morgan fingerprint density at radius 3 is 2.34 bits per heavy atom. The molecule has 10 heteroatoms. The van der Waals surface area contributed by atoms with E-state index in [1.165, 1.54) is 6.42 Å². The SMILES string of the molecule is CC(C)(C[C@H](CC1CCCCC1)C(=O)NN(CCC(N)=O)C(=O)CCl)NC(=O)O. The highest BCUT2D eigenvalue weighted by Gasteiger charge is 2.33. The van der Waals surface area contributed by atoms with Gasteiger partial charge in [-0.15, -0.1) is 11.6 Å². The van der Waals surface area contributed by atoms with Crippen molar-refractivity contribution in [3.05, 3.63) is 0 Å². The Morgan fingerprint density at radius 1 is 1.21 bits per heavy atom. The average Bonchev–Trinajstić information content (AvgIpc) is 2.63. The van der Waals surface area contributed by atoms with E-state index in [9.17, 15) is 19.2 Å². The second kappa shape index (κ2) is 11.8. The average molecular weight is 433 g/mol. The predicted molar refractivity (Wildman–Crippen MR) is 109 cm³/mol. The molecule has 1 aliphatic rings. The zero-order chi connectivity index (χ0) is 22.0. The number of nitrogens with zero attached hydrogens (tertiary/aromatic N) is 1. The van der Waals surface area contributed by atoms with Crippen molar-refractivity contribution in [2.24, 2.45) is 17.6 Å². The molecule has 1 atom stereocenters. The van der Waals surface area contributed by atoms with Crippen LogP contribution in [0.2, 0.25) is 0 Å². The van der Waals surface area contributed by atoms with Crippen molar-refractivity contribution in [3.8, 4) is 0 Å². The molecule has 0 aliphatic heterocycles. The molecule has 0 spiro atoms. The van der Waals surface area contributed by atoms with Crippen LogP contribution in [0.5, 0.6) is 0 Å². The maximum Gasteiger partial charge on any atom is 0.405 e. The summed E-state index contributed by atoms with van der Waals surface area (Å²) < 4.78 is 0. The molecule has 0 bridgehead atoms. The number of nitrogens with one attached hydrogen (secondary N) is 2. The lowest BCUT2D eigenvalue weighted by molar-refractivity contribution is -0.142. The molecule has 1 saturated carbocycles. The lowest BCUT2D eigenvalue weighted by atomic mass is 9.78. The van der Waals surface area contributed by atoms with Crippen molar-refractivity contribution >= 4 is 35.4 Å². The van der Waals surface area contributed by atoms with Crippen LogP contribution < -0.4 is 16.5 Å². The van der Waals surface area contributed by atoms with Crippen LogP contribution in [0.4, 0.5) is 4.79 Å². The first-order valence-corrected chi connectivity index (χ1v) is 10.5. The summed E-state index contributed by atoms with van der Waals surface area (Å²) in [5.74, 6) is -2.00. The molecule has 0 radical (unpaired) electrons. The summed E-state index contributed by atoms with van der Waals surface area (Å²) in [5.41, 5.74) is 6.88. The second-order valence-corrected chi connectivity index (χ2v) is 8.59. The van der Waals surface area contributed by atoms with Gasteiger partial charge in [0.1, 0.15) is 5.88 Å². The third kappa shape index (κ3) is 9.83. The van der Waals surface area contributed by atoms with Crippen LogP contribution in [0.15, 0.2) is 0 Å². The number of rotatable bonds is 10. The number of carboxylic acid groups (broad SMARTS) is 1. The summed E-state index contributed by atoms with van der Waals surface area (Å²) in [5, 5.41) is 12.5. The second-order valence-electron chi connectivity index (χ2n) is 8.33. The molecule has 0 saturated heterocycles. The van der Waals surface area contributed by atoms with Crippen LogP contribution in [0, 0.1) is 11.8 Å². The molecule has 29 heavy (non-hydrogen) atoms. The maximum atomic E-state index is 13.0. The number of amides is 4. The summed E-state index contributed by atoms with van der Waals surface area (Å²) in [6.45, 7) is 3.37. The van der Waals surface area contributed by atoms with E-state index in [0.717, 1.165) is 30.7 Å². The summed E-state index contributed by atoms with van der Waals surface area (Å²) in [7, 11) is 0. The Labute approximate surface area is 176 Å². The Balaban J connectivity index is 2.91. The van der Waals surface area contributed by atoms with Gasteiger partial charge >= 0.3 is 6.09 Å². The molecule has 1 aliphatic carbocycles. The molecule has 4 amide bonds. The van der Waals surface area contributed by atoms with Crippen molar-refractivity contribution in [1.29, 1.82) is 0 Å². The van der Waals surface area contributed by atoms with Crippen LogP contribution >= 0.6 is 11.6 Å². The largest absolute Gasteiger partial charge is 0.465 e. The molecular formula is C19H33ClN4O5. The minimum atomic E-state index is -1.16. The summed E-state index contributed by atoms with van der Waals surface area (Å²) >= 11 is 5.61. The van der Waals surface area contributed by atoms with Gasteiger partial charge in [0.05, 0.1) is 6.54 Å². The topological polar surface area (TPSA) is 142 Å². The van der Waals surface area contributed by atoms with E-state index >= 15 is 0 Å². The number of nitrogens with two attached hydrogens (primary N) is 1. The smallest absolute Gasteiger partial charge is 0.405 e. The van der Waals surface area contributed by atoms with Crippen molar-refractivity contribution < 1.29 is 24.3 Å². The van der Waals surface area contributed by atoms with Gasteiger partial charge in [-0.05, 0) is 32.6 Å². The number of halogens is 1. The molecular weight excluding hydrogens is 400 g/mol. The molecule has 0 aromatic heterocycles. The number of carbonyl (C=O) groups is 4. The monoisotopic (exact) mass is 432 g/mol. The van der Waals surface area contributed by atoms with Crippen molar-refractivity contribution in [2.75, 3.05) is 12.4 Å². The molecule has 0 heterocycles. The van der Waals surface area contributed by atoms with Crippen LogP contribution in [0.3, 0.4) is 0 Å². The number of alkyl halides is 1. The van der Waals surface area contributed by atoms with Crippen molar-refractivity contribution in [3.63, 3.8) is 0 Å². The van der Waals surface area contributed by atoms with E-state index in [4.69, 9.17) is 22.4 Å². The minimum Gasteiger partial charge on any atom is -0.465 e. The maximum absolute atomic E-state index is 13.0. The number of carbonyl (C=O) groups excluding carboxylic acids is 3. The number of hydrogen-bond acceptors (Lipinski definition) is 4. The number of hydrazine groups is 1. The number of hydrogen-bond donors (Lipinski definition) is 4. The molecule has 5 N–H and O–H groups in total. The van der Waals surface area contributed by atoms with E-state index in [2.05, 4.69) is 10.7 Å². The summed E-state index contributed by atoms with van der Waals surface area (Å²) in [4.78, 5) is 47.2. The van der Waals surface area contributed by atoms with Crippen LogP contribution in [0.1, 0.15) is 65.2 Å². The number of primary amides is 1. The van der Waals surface area contributed by atoms with E-state index in [1.807, 2.05) is 0 Å². The zero-order valence-electron chi connectivity index (χ0n) is 17.2. The van der Waals surface area contributed by atoms with Gasteiger partial charge in [0.2, 0.25) is 11.8 Å². The van der Waals surface area contributed by atoms with Crippen molar-refractivity contribution in [1.82, 2.24) is 15.8 Å². The van der Waals surface area contributed by atoms with E-state index in [-0.39, 0.29) is 25.3 Å². The first kappa shape index (κ1) is 25.0. The standard InChI is InChI=1S/C19H33ClN4O5/c1-19(2,22-18(28)29)11-14(10-13-6-4-3-5-7-13)17(27)23-24(16(26)12-20)9-8-15(21)25/h13-14,22H,3-12H2,1-2H3,(H2,21,25)(H,23,27)(H,28,29)/t14-/m0/s1. The quantitative estimate of drug-likeness (QED) is 0.308. The van der Waals surface area contributed by atoms with Gasteiger partial charge < -0.3 is 16.2 Å². The zero-order valence-corrected chi connectivity index (χ0v) is 18.0. The van der Waals surface area contributed by atoms with E-state index < -0.39 is 35.3 Å². The highest BCUT2D eigenvalue weighted by atomic mass is 35.5. The third-order valence-corrected chi connectivity index (χ3v) is 5.39. The molecule has 9 nitrogen and oxygen atoms in total. The van der Waals surface area contributed by atoms with Gasteiger partial charge in [-0.2, -0.15) is 0 Å². The fourth-order valence-electron chi connectivity index (χ4n) is 3.83. The van der Waals surface area contributed by atoms with Gasteiger partial charge in [0.25, 0.3) is 5.91 Å². The van der Waals surface area contributed by atoms with Gasteiger partial charge in [-0.3, -0.25) is 24.8 Å². The van der Waals surface area contributed by atoms with E-state index in [1.54, 1.807) is 13.8 Å². The first-order valence-electron chi connectivity index (χ1n) is 10.0. The Bertz CT molecular complexity index is 593. The highest BCUT2D eigenvalue weighted by molar-refractivity contribution is 6.27. The Morgan fingerprint density at radius 2 is 1.83 bits per heavy atom. The van der Waals surface area contributed by atoms with Crippen molar-refractivity contribution in [2.45, 2.75) is 70.8 Å². The molecule has 166 valence electrons. The first-order chi connectivity index (χ1) is 13.5. The molecule has 1 rings (SSSR count). The van der Waals surface area contributed by atoms with Gasteiger partial charge in [0, 0.05) is 17.9 Å². The molecule has 0 aromatic rings.